The Balaban J connectivity index is 1.30. The molecule has 35 heavy (non-hydrogen) atoms. The normalized spacial score (nSPS) is 15.1. The minimum atomic E-state index is -0.358. The van der Waals surface area contributed by atoms with Crippen molar-refractivity contribution in [2.45, 2.75) is 19.4 Å². The number of hydrogen-bond donors (Lipinski definition) is 2. The summed E-state index contributed by atoms with van der Waals surface area (Å²) in [4.78, 5) is 25.9. The first-order valence-corrected chi connectivity index (χ1v) is 11.3. The Bertz CT molecular complexity index is 1350. The highest BCUT2D eigenvalue weighted by Gasteiger charge is 2.35. The molecule has 2 aromatic carbocycles. The molecule has 1 aliphatic heterocycles. The molecule has 0 saturated carbocycles. The lowest BCUT2D eigenvalue weighted by molar-refractivity contribution is -0.131. The summed E-state index contributed by atoms with van der Waals surface area (Å²) in [6.07, 6.45) is 3.65. The van der Waals surface area contributed by atoms with Crippen molar-refractivity contribution in [3.63, 3.8) is 0 Å². The van der Waals surface area contributed by atoms with Crippen LogP contribution in [-0.2, 0) is 4.79 Å². The van der Waals surface area contributed by atoms with E-state index in [1.54, 1.807) is 36.8 Å². The van der Waals surface area contributed by atoms with Crippen LogP contribution in [0.15, 0.2) is 99.3 Å². The van der Waals surface area contributed by atoms with Crippen LogP contribution in [0.3, 0.4) is 0 Å². The highest BCUT2D eigenvalue weighted by molar-refractivity contribution is 6.05. The molecule has 4 aromatic rings. The molecule has 8 heteroatoms. The summed E-state index contributed by atoms with van der Waals surface area (Å²) >= 11 is 0. The van der Waals surface area contributed by atoms with Crippen molar-refractivity contribution < 1.29 is 18.4 Å². The van der Waals surface area contributed by atoms with Gasteiger partial charge in [-0.15, -0.1) is 0 Å². The molecule has 8 nitrogen and oxygen atoms in total. The second kappa shape index (κ2) is 9.72. The van der Waals surface area contributed by atoms with Gasteiger partial charge in [-0.1, -0.05) is 24.3 Å². The predicted molar refractivity (Wildman–Crippen MR) is 132 cm³/mol. The summed E-state index contributed by atoms with van der Waals surface area (Å²) in [6, 6.07) is 21.5. The summed E-state index contributed by atoms with van der Waals surface area (Å²) in [5.74, 6) is 0.819. The van der Waals surface area contributed by atoms with Gasteiger partial charge in [0.05, 0.1) is 19.1 Å². The van der Waals surface area contributed by atoms with Crippen molar-refractivity contribution >= 4 is 28.9 Å². The Labute approximate surface area is 202 Å². The van der Waals surface area contributed by atoms with E-state index in [-0.39, 0.29) is 24.4 Å². The van der Waals surface area contributed by atoms with E-state index >= 15 is 0 Å². The Morgan fingerprint density at radius 2 is 1.80 bits per heavy atom. The van der Waals surface area contributed by atoms with E-state index in [0.29, 0.717) is 40.6 Å². The molecule has 1 atom stereocenters. The number of furan rings is 2. The molecule has 1 aliphatic rings. The molecule has 0 radical (unpaired) electrons. The first-order valence-electron chi connectivity index (χ1n) is 11.3. The number of para-hydroxylation sites is 1. The average molecular weight is 469 g/mol. The number of anilines is 2. The number of aryl methyl sites for hydroxylation is 1. The van der Waals surface area contributed by atoms with E-state index in [4.69, 9.17) is 8.83 Å². The van der Waals surface area contributed by atoms with E-state index in [9.17, 15) is 9.59 Å². The molecular weight excluding hydrogens is 444 g/mol. The van der Waals surface area contributed by atoms with E-state index in [1.807, 2.05) is 55.5 Å². The van der Waals surface area contributed by atoms with Crippen LogP contribution < -0.4 is 10.6 Å². The smallest absolute Gasteiger partial charge is 0.262 e. The molecule has 2 amide bonds. The standard InChI is InChI=1S/C27H24N4O4/c1-18-11-12-19(27(33)29-20-7-3-2-4-8-20)15-21(18)28-17-26(32)31-23(25-10-6-14-35-25)16-22(30-31)24-9-5-13-34-24/h2-15,23,28H,16-17H2,1H3,(H,29,33). The van der Waals surface area contributed by atoms with Gasteiger partial charge in [-0.05, 0) is 61.0 Å². The maximum absolute atomic E-state index is 13.2. The van der Waals surface area contributed by atoms with Crippen LogP contribution >= 0.6 is 0 Å². The van der Waals surface area contributed by atoms with Gasteiger partial charge in [0.1, 0.15) is 23.3 Å². The number of benzene rings is 2. The van der Waals surface area contributed by atoms with Crippen LogP contribution in [0.1, 0.15) is 39.9 Å². The average Bonchev–Trinajstić information content (AvgIpc) is 3.65. The van der Waals surface area contributed by atoms with Crippen LogP contribution in [0.4, 0.5) is 11.4 Å². The van der Waals surface area contributed by atoms with Crippen LogP contribution in [0.5, 0.6) is 0 Å². The Kier molecular flexibility index (Phi) is 6.17. The lowest BCUT2D eigenvalue weighted by Crippen LogP contribution is -2.32. The summed E-state index contributed by atoms with van der Waals surface area (Å²) < 4.78 is 11.1. The number of carbonyl (C=O) groups excluding carboxylic acids is 2. The molecule has 0 fully saturated rings. The molecule has 0 saturated heterocycles. The van der Waals surface area contributed by atoms with Gasteiger partial charge in [-0.2, -0.15) is 5.10 Å². The second-order valence-corrected chi connectivity index (χ2v) is 8.20. The van der Waals surface area contributed by atoms with Crippen molar-refractivity contribution in [1.82, 2.24) is 5.01 Å². The molecule has 176 valence electrons. The van der Waals surface area contributed by atoms with Gasteiger partial charge in [0.15, 0.2) is 0 Å². The van der Waals surface area contributed by atoms with Gasteiger partial charge in [-0.25, -0.2) is 5.01 Å². The monoisotopic (exact) mass is 468 g/mol. The van der Waals surface area contributed by atoms with Crippen LogP contribution in [-0.4, -0.2) is 29.1 Å². The van der Waals surface area contributed by atoms with Crippen molar-refractivity contribution in [1.29, 1.82) is 0 Å². The third-order valence-electron chi connectivity index (χ3n) is 5.80. The number of nitrogens with zero attached hydrogens (tertiary/aromatic N) is 2. The fourth-order valence-corrected chi connectivity index (χ4v) is 3.96. The summed E-state index contributed by atoms with van der Waals surface area (Å²) in [7, 11) is 0. The number of hydrogen-bond acceptors (Lipinski definition) is 6. The summed E-state index contributed by atoms with van der Waals surface area (Å²) in [6.45, 7) is 1.91. The first-order chi connectivity index (χ1) is 17.1. The number of rotatable bonds is 7. The SMILES string of the molecule is Cc1ccc(C(=O)Nc2ccccc2)cc1NCC(=O)N1N=C(c2ccco2)CC1c1ccco1. The van der Waals surface area contributed by atoms with Gasteiger partial charge in [0.2, 0.25) is 0 Å². The number of amides is 2. The van der Waals surface area contributed by atoms with Crippen molar-refractivity contribution in [3.8, 4) is 0 Å². The largest absolute Gasteiger partial charge is 0.467 e. The van der Waals surface area contributed by atoms with Gasteiger partial charge < -0.3 is 19.5 Å². The topological polar surface area (TPSA) is 100 Å². The second-order valence-electron chi connectivity index (χ2n) is 8.20. The van der Waals surface area contributed by atoms with Gasteiger partial charge in [0.25, 0.3) is 11.8 Å². The molecule has 1 unspecified atom stereocenters. The third-order valence-corrected chi connectivity index (χ3v) is 5.80. The zero-order valence-corrected chi connectivity index (χ0v) is 19.1. The highest BCUT2D eigenvalue weighted by Crippen LogP contribution is 2.33. The first kappa shape index (κ1) is 22.2. The Hall–Kier alpha value is -4.59. The van der Waals surface area contributed by atoms with Gasteiger partial charge >= 0.3 is 0 Å². The lowest BCUT2D eigenvalue weighted by Gasteiger charge is -2.20. The molecule has 3 heterocycles. The van der Waals surface area contributed by atoms with E-state index in [2.05, 4.69) is 15.7 Å². The molecule has 2 N–H and O–H groups in total. The maximum Gasteiger partial charge on any atom is 0.262 e. The van der Waals surface area contributed by atoms with Crippen molar-refractivity contribution in [2.24, 2.45) is 5.10 Å². The molecule has 0 aliphatic carbocycles. The van der Waals surface area contributed by atoms with Crippen LogP contribution in [0, 0.1) is 6.92 Å². The maximum atomic E-state index is 13.2. The Morgan fingerprint density at radius 1 is 1.00 bits per heavy atom. The number of nitrogens with one attached hydrogen (secondary N) is 2. The van der Waals surface area contributed by atoms with Gasteiger partial charge in [0, 0.05) is 23.4 Å². The van der Waals surface area contributed by atoms with Crippen LogP contribution in [0.25, 0.3) is 0 Å². The van der Waals surface area contributed by atoms with Gasteiger partial charge in [-0.3, -0.25) is 9.59 Å². The summed E-state index contributed by atoms with van der Waals surface area (Å²) in [5.41, 5.74) is 3.49. The predicted octanol–water partition coefficient (Wildman–Crippen LogP) is 5.22. The number of hydrazone groups is 1. The summed E-state index contributed by atoms with van der Waals surface area (Å²) in [5, 5.41) is 12.0. The lowest BCUT2D eigenvalue weighted by atomic mass is 10.1. The minimum Gasteiger partial charge on any atom is -0.467 e. The molecule has 0 bridgehead atoms. The molecule has 5 rings (SSSR count). The van der Waals surface area contributed by atoms with Crippen molar-refractivity contribution in [2.75, 3.05) is 17.2 Å². The fraction of sp³-hybridized carbons (Fsp3) is 0.148. The highest BCUT2D eigenvalue weighted by atomic mass is 16.3. The zero-order valence-electron chi connectivity index (χ0n) is 19.1. The molecular formula is C27H24N4O4. The minimum absolute atomic E-state index is 0.00323. The zero-order chi connectivity index (χ0) is 24.2. The third kappa shape index (κ3) is 4.86. The number of carbonyl (C=O) groups is 2. The molecule has 2 aromatic heterocycles. The quantitative estimate of drug-likeness (QED) is 0.387. The van der Waals surface area contributed by atoms with Crippen molar-refractivity contribution in [3.05, 3.63) is 108 Å². The fourth-order valence-electron chi connectivity index (χ4n) is 3.96. The Morgan fingerprint density at radius 3 is 2.54 bits per heavy atom. The van der Waals surface area contributed by atoms with E-state index in [1.165, 1.54) is 5.01 Å². The van der Waals surface area contributed by atoms with E-state index < -0.39 is 0 Å². The van der Waals surface area contributed by atoms with Crippen LogP contribution in [0.2, 0.25) is 0 Å². The molecule has 0 spiro atoms. The van der Waals surface area contributed by atoms with E-state index in [0.717, 1.165) is 5.56 Å².